The molecule has 0 aliphatic carbocycles. The Morgan fingerprint density at radius 1 is 1.07 bits per heavy atom. The van der Waals surface area contributed by atoms with Gasteiger partial charge in [0.05, 0.1) is 30.7 Å². The fourth-order valence-corrected chi connectivity index (χ4v) is 4.77. The monoisotopic (exact) mass is 413 g/mol. The van der Waals surface area contributed by atoms with Gasteiger partial charge in [0.1, 0.15) is 5.75 Å². The van der Waals surface area contributed by atoms with Crippen molar-refractivity contribution in [1.29, 1.82) is 0 Å². The SMILES string of the molecule is CCCOc1ccc(N2C(=O)C[C@H](N3CCC[C@H](C(=O)N4CCCC4)C3)C2=O)cc1. The van der Waals surface area contributed by atoms with Gasteiger partial charge in [-0.05, 0) is 62.9 Å². The summed E-state index contributed by atoms with van der Waals surface area (Å²) in [5, 5.41) is 0. The molecule has 2 atom stereocenters. The molecule has 0 bridgehead atoms. The number of amides is 3. The van der Waals surface area contributed by atoms with Gasteiger partial charge in [-0.15, -0.1) is 0 Å². The van der Waals surface area contributed by atoms with E-state index in [2.05, 4.69) is 4.90 Å². The molecule has 0 saturated carbocycles. The number of piperidine rings is 1. The van der Waals surface area contributed by atoms with Crippen molar-refractivity contribution in [3.05, 3.63) is 24.3 Å². The molecule has 3 aliphatic heterocycles. The first-order valence-corrected chi connectivity index (χ1v) is 11.2. The molecule has 3 fully saturated rings. The van der Waals surface area contributed by atoms with Gasteiger partial charge in [-0.3, -0.25) is 19.3 Å². The fourth-order valence-electron chi connectivity index (χ4n) is 4.77. The van der Waals surface area contributed by atoms with Gasteiger partial charge in [0.25, 0.3) is 5.91 Å². The second-order valence-corrected chi connectivity index (χ2v) is 8.50. The van der Waals surface area contributed by atoms with Gasteiger partial charge >= 0.3 is 0 Å². The van der Waals surface area contributed by atoms with Gasteiger partial charge in [0, 0.05) is 19.6 Å². The zero-order chi connectivity index (χ0) is 21.1. The summed E-state index contributed by atoms with van der Waals surface area (Å²) < 4.78 is 5.59. The van der Waals surface area contributed by atoms with E-state index in [0.29, 0.717) is 18.8 Å². The van der Waals surface area contributed by atoms with Crippen molar-refractivity contribution in [2.24, 2.45) is 5.92 Å². The lowest BCUT2D eigenvalue weighted by atomic mass is 9.95. The summed E-state index contributed by atoms with van der Waals surface area (Å²) in [7, 11) is 0. The Kier molecular flexibility index (Phi) is 6.37. The van der Waals surface area contributed by atoms with Crippen molar-refractivity contribution in [3.8, 4) is 5.75 Å². The van der Waals surface area contributed by atoms with Crippen LogP contribution >= 0.6 is 0 Å². The van der Waals surface area contributed by atoms with E-state index in [4.69, 9.17) is 4.74 Å². The van der Waals surface area contributed by atoms with Crippen LogP contribution in [0.25, 0.3) is 0 Å². The number of hydrogen-bond acceptors (Lipinski definition) is 5. The Morgan fingerprint density at radius 3 is 2.50 bits per heavy atom. The number of likely N-dealkylation sites (tertiary alicyclic amines) is 2. The van der Waals surface area contributed by atoms with E-state index in [1.807, 2.05) is 11.8 Å². The fraction of sp³-hybridized carbons (Fsp3) is 0.609. The van der Waals surface area contributed by atoms with E-state index < -0.39 is 6.04 Å². The topological polar surface area (TPSA) is 70.2 Å². The molecule has 1 aromatic rings. The van der Waals surface area contributed by atoms with Gasteiger partial charge in [-0.1, -0.05) is 6.92 Å². The highest BCUT2D eigenvalue weighted by Crippen LogP contribution is 2.30. The molecule has 0 N–H and O–H groups in total. The average Bonchev–Trinajstić information content (AvgIpc) is 3.40. The van der Waals surface area contributed by atoms with E-state index in [9.17, 15) is 14.4 Å². The maximum atomic E-state index is 13.1. The smallest absolute Gasteiger partial charge is 0.251 e. The van der Waals surface area contributed by atoms with E-state index in [1.165, 1.54) is 4.90 Å². The predicted octanol–water partition coefficient (Wildman–Crippen LogP) is 2.44. The third-order valence-electron chi connectivity index (χ3n) is 6.35. The summed E-state index contributed by atoms with van der Waals surface area (Å²) >= 11 is 0. The van der Waals surface area contributed by atoms with Crippen LogP contribution in [-0.2, 0) is 14.4 Å². The number of anilines is 1. The third kappa shape index (κ3) is 4.21. The zero-order valence-corrected chi connectivity index (χ0v) is 17.7. The molecule has 7 heteroatoms. The van der Waals surface area contributed by atoms with Crippen LogP contribution in [-0.4, -0.2) is 66.3 Å². The molecule has 7 nitrogen and oxygen atoms in total. The molecule has 4 rings (SSSR count). The van der Waals surface area contributed by atoms with Gasteiger partial charge in [0.2, 0.25) is 11.8 Å². The van der Waals surface area contributed by atoms with Crippen LogP contribution in [0.4, 0.5) is 5.69 Å². The maximum Gasteiger partial charge on any atom is 0.251 e. The first-order valence-electron chi connectivity index (χ1n) is 11.2. The van der Waals surface area contributed by atoms with Gasteiger partial charge < -0.3 is 9.64 Å². The molecule has 0 radical (unpaired) electrons. The highest BCUT2D eigenvalue weighted by atomic mass is 16.5. The lowest BCUT2D eigenvalue weighted by Crippen LogP contribution is -2.50. The molecule has 3 aliphatic rings. The molecule has 0 aromatic heterocycles. The summed E-state index contributed by atoms with van der Waals surface area (Å²) in [5.41, 5.74) is 0.582. The maximum absolute atomic E-state index is 13.1. The van der Waals surface area contributed by atoms with Crippen LogP contribution in [0.3, 0.4) is 0 Å². The number of hydrogen-bond donors (Lipinski definition) is 0. The zero-order valence-electron chi connectivity index (χ0n) is 17.7. The lowest BCUT2D eigenvalue weighted by molar-refractivity contribution is -0.137. The van der Waals surface area contributed by atoms with E-state index in [0.717, 1.165) is 57.5 Å². The first-order chi connectivity index (χ1) is 14.6. The minimum atomic E-state index is -0.470. The van der Waals surface area contributed by atoms with Crippen LogP contribution in [0.5, 0.6) is 5.75 Å². The highest BCUT2D eigenvalue weighted by Gasteiger charge is 2.44. The van der Waals surface area contributed by atoms with Crippen molar-refractivity contribution in [1.82, 2.24) is 9.80 Å². The van der Waals surface area contributed by atoms with E-state index in [-0.39, 0.29) is 30.1 Å². The Bertz CT molecular complexity index is 788. The predicted molar refractivity (Wildman–Crippen MR) is 113 cm³/mol. The normalized spacial score (nSPS) is 25.2. The number of carbonyl (C=O) groups excluding carboxylic acids is 3. The van der Waals surface area contributed by atoms with Crippen LogP contribution in [0.2, 0.25) is 0 Å². The summed E-state index contributed by atoms with van der Waals surface area (Å²) in [6, 6.07) is 6.65. The Labute approximate surface area is 177 Å². The highest BCUT2D eigenvalue weighted by molar-refractivity contribution is 6.22. The molecule has 1 aromatic carbocycles. The summed E-state index contributed by atoms with van der Waals surface area (Å²) in [6.45, 7) is 5.70. The average molecular weight is 414 g/mol. The molecule has 3 amide bonds. The van der Waals surface area contributed by atoms with Gasteiger partial charge in [-0.25, -0.2) is 4.90 Å². The summed E-state index contributed by atoms with van der Waals surface area (Å²) in [5.74, 6) is 0.518. The van der Waals surface area contributed by atoms with Crippen LogP contribution in [0.1, 0.15) is 45.4 Å². The van der Waals surface area contributed by atoms with Crippen LogP contribution in [0, 0.1) is 5.92 Å². The second-order valence-electron chi connectivity index (χ2n) is 8.50. The van der Waals surface area contributed by atoms with Crippen LogP contribution in [0.15, 0.2) is 24.3 Å². The van der Waals surface area contributed by atoms with Crippen molar-refractivity contribution in [2.75, 3.05) is 37.7 Å². The minimum Gasteiger partial charge on any atom is -0.494 e. The summed E-state index contributed by atoms with van der Waals surface area (Å²) in [6.07, 6.45) is 5.00. The van der Waals surface area contributed by atoms with Gasteiger partial charge in [0.15, 0.2) is 0 Å². The van der Waals surface area contributed by atoms with Crippen molar-refractivity contribution < 1.29 is 19.1 Å². The molecule has 0 spiro atoms. The summed E-state index contributed by atoms with van der Waals surface area (Å²) in [4.78, 5) is 44.0. The number of imide groups is 1. The standard InChI is InChI=1S/C23H31N3O4/c1-2-14-30-19-9-7-18(8-10-19)26-21(27)15-20(23(26)29)25-13-5-6-17(16-25)22(28)24-11-3-4-12-24/h7-10,17,20H,2-6,11-16H2,1H3/t17-,20-/m0/s1. The number of nitrogens with zero attached hydrogens (tertiary/aromatic N) is 3. The lowest BCUT2D eigenvalue weighted by Gasteiger charge is -2.36. The molecule has 162 valence electrons. The quantitative estimate of drug-likeness (QED) is 0.670. The number of rotatable bonds is 6. The molecular formula is C23H31N3O4. The first kappa shape index (κ1) is 20.8. The third-order valence-corrected chi connectivity index (χ3v) is 6.35. The number of carbonyl (C=O) groups is 3. The van der Waals surface area contributed by atoms with E-state index >= 15 is 0 Å². The van der Waals surface area contributed by atoms with E-state index in [1.54, 1.807) is 24.3 Å². The molecular weight excluding hydrogens is 382 g/mol. The minimum absolute atomic E-state index is 0.0659. The molecule has 30 heavy (non-hydrogen) atoms. The Balaban J connectivity index is 1.42. The number of benzene rings is 1. The Morgan fingerprint density at radius 2 is 1.80 bits per heavy atom. The Hall–Kier alpha value is -2.41. The van der Waals surface area contributed by atoms with Crippen LogP contribution < -0.4 is 9.64 Å². The van der Waals surface area contributed by atoms with Crippen molar-refractivity contribution >= 4 is 23.4 Å². The molecule has 3 heterocycles. The van der Waals surface area contributed by atoms with Crippen molar-refractivity contribution in [3.63, 3.8) is 0 Å². The number of ether oxygens (including phenoxy) is 1. The molecule has 3 saturated heterocycles. The molecule has 0 unspecified atom stereocenters. The second kappa shape index (κ2) is 9.16. The largest absolute Gasteiger partial charge is 0.494 e. The van der Waals surface area contributed by atoms with Crippen molar-refractivity contribution in [2.45, 2.75) is 51.5 Å². The van der Waals surface area contributed by atoms with Gasteiger partial charge in [-0.2, -0.15) is 0 Å².